The molecule has 1 rings (SSSR count). The summed E-state index contributed by atoms with van der Waals surface area (Å²) in [4.78, 5) is 10.6. The predicted octanol–water partition coefficient (Wildman–Crippen LogP) is 1.96. The topological polar surface area (TPSA) is 46.5 Å². The minimum Gasteiger partial charge on any atom is -0.508 e. The Morgan fingerprint density at radius 3 is 2.77 bits per heavy atom. The fraction of sp³-hybridized carbons (Fsp3) is 0.100. The zero-order valence-electron chi connectivity index (χ0n) is 7.28. The first kappa shape index (κ1) is 9.32. The van der Waals surface area contributed by atoms with Gasteiger partial charge < -0.3 is 9.84 Å². The minimum atomic E-state index is -0.416. The van der Waals surface area contributed by atoms with Gasteiger partial charge in [0.15, 0.2) is 0 Å². The number of aromatic hydroxyl groups is 1. The first-order chi connectivity index (χ1) is 6.11. The molecule has 0 radical (unpaired) electrons. The second kappa shape index (κ2) is 3.76. The molecule has 0 unspecified atom stereocenters. The lowest BCUT2D eigenvalue weighted by Crippen LogP contribution is -2.01. The van der Waals surface area contributed by atoms with Crippen LogP contribution < -0.4 is 4.74 Å². The second-order valence-corrected chi connectivity index (χ2v) is 2.56. The van der Waals surface area contributed by atoms with Crippen molar-refractivity contribution in [1.82, 2.24) is 0 Å². The van der Waals surface area contributed by atoms with Crippen LogP contribution in [-0.2, 0) is 4.79 Å². The molecular formula is C10H10O3. The van der Waals surface area contributed by atoms with Gasteiger partial charge in [0.1, 0.15) is 11.5 Å². The highest BCUT2D eigenvalue weighted by Crippen LogP contribution is 2.22. The lowest BCUT2D eigenvalue weighted by Gasteiger charge is -2.03. The van der Waals surface area contributed by atoms with Gasteiger partial charge in [-0.2, -0.15) is 0 Å². The van der Waals surface area contributed by atoms with Gasteiger partial charge in [0.25, 0.3) is 0 Å². The number of hydrogen-bond acceptors (Lipinski definition) is 3. The van der Waals surface area contributed by atoms with E-state index in [0.717, 1.165) is 0 Å². The van der Waals surface area contributed by atoms with Gasteiger partial charge in [-0.05, 0) is 17.7 Å². The largest absolute Gasteiger partial charge is 0.508 e. The molecule has 3 nitrogen and oxygen atoms in total. The van der Waals surface area contributed by atoms with Crippen molar-refractivity contribution >= 4 is 12.0 Å². The van der Waals surface area contributed by atoms with Crippen LogP contribution in [0.4, 0.5) is 0 Å². The fourth-order valence-corrected chi connectivity index (χ4v) is 0.949. The number of phenolic OH excluding ortho intramolecular Hbond substituents is 1. The standard InChI is InChI=1S/C10H10O3/c1-3-8-4-9(12)6-10(5-8)13-7(2)11/h3-6,12H,1H2,2H3. The number of hydrogen-bond donors (Lipinski definition) is 1. The second-order valence-electron chi connectivity index (χ2n) is 2.56. The number of carbonyl (C=O) groups is 1. The quantitative estimate of drug-likeness (QED) is 0.556. The van der Waals surface area contributed by atoms with Crippen molar-refractivity contribution in [3.8, 4) is 11.5 Å². The van der Waals surface area contributed by atoms with Crippen molar-refractivity contribution in [2.45, 2.75) is 6.92 Å². The summed E-state index contributed by atoms with van der Waals surface area (Å²) < 4.78 is 4.79. The smallest absolute Gasteiger partial charge is 0.308 e. The molecule has 0 aliphatic carbocycles. The van der Waals surface area contributed by atoms with E-state index in [9.17, 15) is 9.90 Å². The summed E-state index contributed by atoms with van der Waals surface area (Å²) in [5.74, 6) is -0.0448. The Kier molecular flexibility index (Phi) is 2.69. The summed E-state index contributed by atoms with van der Waals surface area (Å²) in [7, 11) is 0. The Balaban J connectivity index is 3.01. The highest BCUT2D eigenvalue weighted by molar-refractivity contribution is 5.70. The first-order valence-corrected chi connectivity index (χ1v) is 3.76. The lowest BCUT2D eigenvalue weighted by molar-refractivity contribution is -0.131. The van der Waals surface area contributed by atoms with Crippen LogP contribution in [0.2, 0.25) is 0 Å². The Bertz CT molecular complexity index is 342. The molecule has 0 spiro atoms. The molecule has 13 heavy (non-hydrogen) atoms. The van der Waals surface area contributed by atoms with Crippen LogP contribution in [0.25, 0.3) is 6.08 Å². The summed E-state index contributed by atoms with van der Waals surface area (Å²) >= 11 is 0. The average molecular weight is 178 g/mol. The molecular weight excluding hydrogens is 168 g/mol. The molecule has 1 aromatic rings. The van der Waals surface area contributed by atoms with E-state index >= 15 is 0 Å². The molecule has 3 heteroatoms. The molecule has 0 aromatic heterocycles. The van der Waals surface area contributed by atoms with Crippen LogP contribution in [0.3, 0.4) is 0 Å². The molecule has 1 aromatic carbocycles. The van der Waals surface area contributed by atoms with Gasteiger partial charge in [0.2, 0.25) is 0 Å². The number of carbonyl (C=O) groups excluding carboxylic acids is 1. The predicted molar refractivity (Wildman–Crippen MR) is 49.5 cm³/mol. The van der Waals surface area contributed by atoms with Crippen LogP contribution in [0.1, 0.15) is 12.5 Å². The van der Waals surface area contributed by atoms with Gasteiger partial charge in [0.05, 0.1) is 0 Å². The van der Waals surface area contributed by atoms with E-state index < -0.39 is 5.97 Å². The van der Waals surface area contributed by atoms with Crippen LogP contribution >= 0.6 is 0 Å². The molecule has 0 amide bonds. The number of ether oxygens (including phenoxy) is 1. The summed E-state index contributed by atoms with van der Waals surface area (Å²) in [5.41, 5.74) is 0.705. The van der Waals surface area contributed by atoms with Gasteiger partial charge in [-0.15, -0.1) is 0 Å². The average Bonchev–Trinajstić information content (AvgIpc) is 2.01. The van der Waals surface area contributed by atoms with Crippen LogP contribution in [0.15, 0.2) is 24.8 Å². The highest BCUT2D eigenvalue weighted by Gasteiger charge is 2.01. The summed E-state index contributed by atoms with van der Waals surface area (Å²) in [6.45, 7) is 4.84. The third kappa shape index (κ3) is 2.63. The van der Waals surface area contributed by atoms with Crippen molar-refractivity contribution < 1.29 is 14.6 Å². The van der Waals surface area contributed by atoms with E-state index in [4.69, 9.17) is 4.74 Å². The van der Waals surface area contributed by atoms with Crippen molar-refractivity contribution in [2.75, 3.05) is 0 Å². The molecule has 0 aliphatic heterocycles. The normalized spacial score (nSPS) is 9.31. The Morgan fingerprint density at radius 1 is 1.54 bits per heavy atom. The van der Waals surface area contributed by atoms with Crippen molar-refractivity contribution in [3.63, 3.8) is 0 Å². The van der Waals surface area contributed by atoms with Crippen LogP contribution in [0, 0.1) is 0 Å². The highest BCUT2D eigenvalue weighted by atomic mass is 16.5. The van der Waals surface area contributed by atoms with Gasteiger partial charge in [-0.25, -0.2) is 0 Å². The maximum Gasteiger partial charge on any atom is 0.308 e. The number of benzene rings is 1. The Morgan fingerprint density at radius 2 is 2.23 bits per heavy atom. The SMILES string of the molecule is C=Cc1cc(O)cc(OC(C)=O)c1. The zero-order chi connectivity index (χ0) is 9.84. The third-order valence-corrected chi connectivity index (χ3v) is 1.41. The van der Waals surface area contributed by atoms with Gasteiger partial charge >= 0.3 is 5.97 Å². The molecule has 68 valence electrons. The minimum absolute atomic E-state index is 0.0497. The third-order valence-electron chi connectivity index (χ3n) is 1.41. The van der Waals surface area contributed by atoms with E-state index in [0.29, 0.717) is 11.3 Å². The zero-order valence-corrected chi connectivity index (χ0v) is 7.28. The number of esters is 1. The molecule has 0 saturated carbocycles. The Hall–Kier alpha value is -1.77. The molecule has 0 atom stereocenters. The van der Waals surface area contributed by atoms with Gasteiger partial charge in [-0.3, -0.25) is 4.79 Å². The maximum atomic E-state index is 10.6. The van der Waals surface area contributed by atoms with Crippen molar-refractivity contribution in [3.05, 3.63) is 30.3 Å². The monoisotopic (exact) mass is 178 g/mol. The molecule has 0 heterocycles. The van der Waals surface area contributed by atoms with Gasteiger partial charge in [-0.1, -0.05) is 12.7 Å². The molecule has 1 N–H and O–H groups in total. The molecule has 0 aliphatic rings. The fourth-order valence-electron chi connectivity index (χ4n) is 0.949. The number of phenols is 1. The van der Waals surface area contributed by atoms with E-state index in [1.165, 1.54) is 19.1 Å². The molecule has 0 saturated heterocycles. The lowest BCUT2D eigenvalue weighted by atomic mass is 10.2. The van der Waals surface area contributed by atoms with Crippen molar-refractivity contribution in [1.29, 1.82) is 0 Å². The van der Waals surface area contributed by atoms with E-state index in [1.807, 2.05) is 0 Å². The molecule has 0 fully saturated rings. The summed E-state index contributed by atoms with van der Waals surface area (Å²) in [5, 5.41) is 9.20. The molecule has 0 bridgehead atoms. The maximum absolute atomic E-state index is 10.6. The van der Waals surface area contributed by atoms with Crippen LogP contribution in [-0.4, -0.2) is 11.1 Å². The Labute approximate surface area is 76.3 Å². The van der Waals surface area contributed by atoms with E-state index in [1.54, 1.807) is 12.1 Å². The first-order valence-electron chi connectivity index (χ1n) is 3.76. The summed E-state index contributed by atoms with van der Waals surface area (Å²) in [6.07, 6.45) is 1.56. The number of rotatable bonds is 2. The van der Waals surface area contributed by atoms with Gasteiger partial charge in [0, 0.05) is 13.0 Å². The van der Waals surface area contributed by atoms with Crippen LogP contribution in [0.5, 0.6) is 11.5 Å². The summed E-state index contributed by atoms with van der Waals surface area (Å²) in [6, 6.07) is 4.52. The van der Waals surface area contributed by atoms with Crippen molar-refractivity contribution in [2.24, 2.45) is 0 Å². The van der Waals surface area contributed by atoms with E-state index in [-0.39, 0.29) is 5.75 Å². The van der Waals surface area contributed by atoms with E-state index in [2.05, 4.69) is 6.58 Å².